The number of benzene rings is 1. The number of aromatic nitrogens is 2. The lowest BCUT2D eigenvalue weighted by atomic mass is 9.92. The second kappa shape index (κ2) is 11.3. The molecule has 10 heteroatoms. The lowest BCUT2D eigenvalue weighted by Crippen LogP contribution is -2.39. The van der Waals surface area contributed by atoms with Gasteiger partial charge < -0.3 is 24.4 Å². The van der Waals surface area contributed by atoms with Crippen molar-refractivity contribution in [3.05, 3.63) is 40.8 Å². The number of aryl methyl sites for hydroxylation is 1. The molecule has 3 aromatic rings. The molecule has 0 saturated heterocycles. The van der Waals surface area contributed by atoms with Crippen molar-refractivity contribution in [3.8, 4) is 5.75 Å². The summed E-state index contributed by atoms with van der Waals surface area (Å²) in [4.78, 5) is 24.3. The van der Waals surface area contributed by atoms with Crippen LogP contribution in [0.15, 0.2) is 24.5 Å². The summed E-state index contributed by atoms with van der Waals surface area (Å²) >= 11 is 1.25. The van der Waals surface area contributed by atoms with E-state index in [4.69, 9.17) is 14.2 Å². The van der Waals surface area contributed by atoms with Gasteiger partial charge in [-0.25, -0.2) is 19.2 Å². The molecule has 8 nitrogen and oxygen atoms in total. The van der Waals surface area contributed by atoms with E-state index in [2.05, 4.69) is 27.2 Å². The number of rotatable bonds is 9. The van der Waals surface area contributed by atoms with E-state index in [-0.39, 0.29) is 11.9 Å². The maximum Gasteiger partial charge on any atom is 0.348 e. The van der Waals surface area contributed by atoms with E-state index < -0.39 is 5.97 Å². The summed E-state index contributed by atoms with van der Waals surface area (Å²) in [5.41, 5.74) is 1.34. The Hall–Kier alpha value is -2.82. The van der Waals surface area contributed by atoms with E-state index >= 15 is 0 Å². The van der Waals surface area contributed by atoms with Gasteiger partial charge in [-0.05, 0) is 57.4 Å². The molecule has 1 saturated carbocycles. The number of methoxy groups -OCH3 is 2. The van der Waals surface area contributed by atoms with E-state index in [1.807, 2.05) is 6.92 Å². The number of nitrogens with one attached hydrogen (secondary N) is 1. The molecule has 0 radical (unpaired) electrons. The molecular formula is C25H31FN4O4S. The molecule has 1 fully saturated rings. The number of thiophene rings is 1. The third-order valence-corrected chi connectivity index (χ3v) is 7.68. The number of halogens is 1. The molecule has 2 heterocycles. The van der Waals surface area contributed by atoms with E-state index in [1.54, 1.807) is 13.2 Å². The minimum atomic E-state index is -0.411. The predicted octanol–water partition coefficient (Wildman–Crippen LogP) is 4.94. The number of fused-ring (bicyclic) bond motifs is 1. The van der Waals surface area contributed by atoms with Crippen molar-refractivity contribution in [3.63, 3.8) is 0 Å². The van der Waals surface area contributed by atoms with Crippen LogP contribution in [0.1, 0.15) is 40.9 Å². The first kappa shape index (κ1) is 25.3. The van der Waals surface area contributed by atoms with Crippen LogP contribution < -0.4 is 10.1 Å². The van der Waals surface area contributed by atoms with Crippen molar-refractivity contribution in [2.24, 2.45) is 0 Å². The second-order valence-electron chi connectivity index (χ2n) is 8.74. The van der Waals surface area contributed by atoms with E-state index in [0.29, 0.717) is 39.6 Å². The summed E-state index contributed by atoms with van der Waals surface area (Å²) in [7, 11) is 5.19. The maximum atomic E-state index is 14.2. The number of ether oxygens (including phenoxy) is 3. The first-order chi connectivity index (χ1) is 16.9. The minimum Gasteiger partial charge on any atom is -0.488 e. The van der Waals surface area contributed by atoms with Crippen molar-refractivity contribution < 1.29 is 23.4 Å². The topological polar surface area (TPSA) is 85.8 Å². The van der Waals surface area contributed by atoms with Crippen molar-refractivity contribution in [2.45, 2.75) is 44.8 Å². The second-order valence-corrected chi connectivity index (χ2v) is 9.74. The van der Waals surface area contributed by atoms with Gasteiger partial charge >= 0.3 is 5.97 Å². The molecule has 0 unspecified atom stereocenters. The molecule has 0 atom stereocenters. The summed E-state index contributed by atoms with van der Waals surface area (Å²) < 4.78 is 30.5. The molecule has 1 aliphatic rings. The Balaban J connectivity index is 1.52. The number of hydrogen-bond acceptors (Lipinski definition) is 9. The Labute approximate surface area is 208 Å². The van der Waals surface area contributed by atoms with Crippen LogP contribution in [0.25, 0.3) is 10.2 Å². The van der Waals surface area contributed by atoms with Crippen LogP contribution >= 0.6 is 11.3 Å². The summed E-state index contributed by atoms with van der Waals surface area (Å²) in [6.07, 6.45) is 5.25. The molecule has 2 aromatic heterocycles. The molecule has 4 rings (SSSR count). The number of likely N-dealkylation sites (N-methyl/N-ethyl adjacent to an activating group) is 1. The number of carbonyl (C=O) groups is 1. The standard InChI is InChI=1S/C25H31FN4O4S/c1-15-21-23(27-14-28-24(21)35-22(15)25(31)33-4)29-19-10-5-16(26)13-20(19)34-18-8-6-17(7-9-18)30(2)11-12-32-3/h5,10,13-14,17-18H,6-9,11-12H2,1-4H3,(H,27,28,29). The summed E-state index contributed by atoms with van der Waals surface area (Å²) in [6.45, 7) is 3.45. The zero-order valence-corrected chi connectivity index (χ0v) is 21.3. The van der Waals surface area contributed by atoms with Crippen LogP contribution in [0.3, 0.4) is 0 Å². The van der Waals surface area contributed by atoms with Gasteiger partial charge in [-0.3, -0.25) is 0 Å². The molecule has 0 bridgehead atoms. The van der Waals surface area contributed by atoms with Crippen molar-refractivity contribution in [1.29, 1.82) is 0 Å². The largest absolute Gasteiger partial charge is 0.488 e. The van der Waals surface area contributed by atoms with Crippen LogP contribution in [-0.4, -0.2) is 67.4 Å². The summed E-state index contributed by atoms with van der Waals surface area (Å²) in [6, 6.07) is 4.93. The lowest BCUT2D eigenvalue weighted by molar-refractivity contribution is 0.0605. The summed E-state index contributed by atoms with van der Waals surface area (Å²) in [5.74, 6) is 0.185. The zero-order chi connectivity index (χ0) is 24.9. The van der Waals surface area contributed by atoms with Gasteiger partial charge in [-0.1, -0.05) is 0 Å². The van der Waals surface area contributed by atoms with Crippen LogP contribution in [0.5, 0.6) is 5.75 Å². The molecule has 0 amide bonds. The van der Waals surface area contributed by atoms with Crippen molar-refractivity contribution in [1.82, 2.24) is 14.9 Å². The SMILES string of the molecule is COCCN(C)C1CCC(Oc2cc(F)ccc2Nc2ncnc3sc(C(=O)OC)c(C)c23)CC1. The van der Waals surface area contributed by atoms with Crippen LogP contribution in [0, 0.1) is 12.7 Å². The fourth-order valence-electron chi connectivity index (χ4n) is 4.48. The maximum absolute atomic E-state index is 14.2. The Morgan fingerprint density at radius 2 is 2.00 bits per heavy atom. The van der Waals surface area contributed by atoms with E-state index in [9.17, 15) is 9.18 Å². The molecule has 1 aliphatic carbocycles. The van der Waals surface area contributed by atoms with Gasteiger partial charge in [0.25, 0.3) is 0 Å². The van der Waals surface area contributed by atoms with Gasteiger partial charge in [-0.2, -0.15) is 0 Å². The Morgan fingerprint density at radius 1 is 1.23 bits per heavy atom. The van der Waals surface area contributed by atoms with Gasteiger partial charge in [0.2, 0.25) is 0 Å². The van der Waals surface area contributed by atoms with Gasteiger partial charge in [0.15, 0.2) is 0 Å². The van der Waals surface area contributed by atoms with Crippen LogP contribution in [-0.2, 0) is 9.47 Å². The van der Waals surface area contributed by atoms with Gasteiger partial charge in [-0.15, -0.1) is 11.3 Å². The highest BCUT2D eigenvalue weighted by Gasteiger charge is 2.26. The highest BCUT2D eigenvalue weighted by molar-refractivity contribution is 7.20. The van der Waals surface area contributed by atoms with Crippen LogP contribution in [0.2, 0.25) is 0 Å². The monoisotopic (exact) mass is 502 g/mol. The number of esters is 1. The fraction of sp³-hybridized carbons (Fsp3) is 0.480. The number of carbonyl (C=O) groups excluding carboxylic acids is 1. The number of nitrogens with zero attached hydrogens (tertiary/aromatic N) is 3. The Bertz CT molecular complexity index is 1180. The lowest BCUT2D eigenvalue weighted by Gasteiger charge is -2.34. The normalized spacial score (nSPS) is 18.1. The summed E-state index contributed by atoms with van der Waals surface area (Å²) in [5, 5.41) is 4.01. The Morgan fingerprint density at radius 3 is 2.71 bits per heavy atom. The molecule has 188 valence electrons. The minimum absolute atomic E-state index is 0.00338. The van der Waals surface area contributed by atoms with E-state index in [1.165, 1.54) is 36.9 Å². The van der Waals surface area contributed by atoms with E-state index in [0.717, 1.165) is 43.2 Å². The average Bonchev–Trinajstić information content (AvgIpc) is 3.21. The molecule has 0 aliphatic heterocycles. The van der Waals surface area contributed by atoms with Gasteiger partial charge in [0.05, 0.1) is 30.9 Å². The predicted molar refractivity (Wildman–Crippen MR) is 134 cm³/mol. The van der Waals surface area contributed by atoms with Gasteiger partial charge in [0, 0.05) is 25.8 Å². The number of hydrogen-bond donors (Lipinski definition) is 1. The molecule has 35 heavy (non-hydrogen) atoms. The molecule has 0 spiro atoms. The van der Waals surface area contributed by atoms with Crippen molar-refractivity contribution in [2.75, 3.05) is 39.7 Å². The van der Waals surface area contributed by atoms with Gasteiger partial charge in [0.1, 0.15) is 33.4 Å². The first-order valence-electron chi connectivity index (χ1n) is 11.7. The average molecular weight is 503 g/mol. The molecule has 1 aromatic carbocycles. The highest BCUT2D eigenvalue weighted by Crippen LogP contribution is 2.37. The third kappa shape index (κ3) is 5.71. The quantitative estimate of drug-likeness (QED) is 0.412. The fourth-order valence-corrected chi connectivity index (χ4v) is 5.55. The molecule has 1 N–H and O–H groups in total. The zero-order valence-electron chi connectivity index (χ0n) is 20.5. The molecular weight excluding hydrogens is 471 g/mol. The van der Waals surface area contributed by atoms with Crippen molar-refractivity contribution >= 4 is 39.0 Å². The highest BCUT2D eigenvalue weighted by atomic mass is 32.1. The number of anilines is 2. The third-order valence-electron chi connectivity index (χ3n) is 6.50. The first-order valence-corrected chi connectivity index (χ1v) is 12.5. The smallest absolute Gasteiger partial charge is 0.348 e. The van der Waals surface area contributed by atoms with Crippen LogP contribution in [0.4, 0.5) is 15.9 Å². The Kier molecular flexibility index (Phi) is 8.15.